The van der Waals surface area contributed by atoms with Crippen LogP contribution >= 0.6 is 0 Å². The summed E-state index contributed by atoms with van der Waals surface area (Å²) in [6.45, 7) is 5.96. The van der Waals surface area contributed by atoms with Gasteiger partial charge in [-0.15, -0.1) is 0 Å². The van der Waals surface area contributed by atoms with Gasteiger partial charge in [-0.2, -0.15) is 0 Å². The summed E-state index contributed by atoms with van der Waals surface area (Å²) in [5, 5.41) is 0. The molecule has 0 fully saturated rings. The molecular weight excluding hydrogens is 274 g/mol. The van der Waals surface area contributed by atoms with Crippen molar-refractivity contribution in [2.24, 2.45) is 5.92 Å². The molecule has 1 unspecified atom stereocenters. The van der Waals surface area contributed by atoms with Gasteiger partial charge < -0.3 is 4.42 Å². The third kappa shape index (κ3) is 2.67. The zero-order chi connectivity index (χ0) is 15.7. The molecule has 3 rings (SSSR count). The van der Waals surface area contributed by atoms with E-state index >= 15 is 0 Å². The van der Waals surface area contributed by atoms with Crippen LogP contribution in [-0.4, -0.2) is 10.8 Å². The number of nitrogens with zero attached hydrogens (tertiary/aromatic N) is 1. The fraction of sp³-hybridized carbons (Fsp3) is 0.263. The molecule has 0 bridgehead atoms. The molecule has 1 aliphatic carbocycles. The maximum absolute atomic E-state index is 11.8. The Hall–Kier alpha value is -2.42. The van der Waals surface area contributed by atoms with Crippen LogP contribution in [0, 0.1) is 12.8 Å². The van der Waals surface area contributed by atoms with E-state index in [1.165, 1.54) is 0 Å². The summed E-state index contributed by atoms with van der Waals surface area (Å²) in [7, 11) is 0. The standard InChI is InChI=1S/C19H19NO2/c1-4-16(21)19-20-18-13(3)10-15(11-17(18)22-19)14-8-6-5-7-12(2)9-14/h5-12H,4H2,1-3H3. The van der Waals surface area contributed by atoms with Gasteiger partial charge in [0.15, 0.2) is 5.58 Å². The Bertz CT molecular complexity index is 821. The number of hydrogen-bond donors (Lipinski definition) is 0. The highest BCUT2D eigenvalue weighted by molar-refractivity contribution is 5.95. The summed E-state index contributed by atoms with van der Waals surface area (Å²) in [6, 6.07) is 4.06. The van der Waals surface area contributed by atoms with Crippen molar-refractivity contribution in [3.05, 3.63) is 59.5 Å². The van der Waals surface area contributed by atoms with E-state index in [9.17, 15) is 4.79 Å². The van der Waals surface area contributed by atoms with E-state index < -0.39 is 0 Å². The molecule has 3 heteroatoms. The second kappa shape index (κ2) is 5.76. The minimum Gasteiger partial charge on any atom is -0.434 e. The summed E-state index contributed by atoms with van der Waals surface area (Å²) in [4.78, 5) is 16.1. The molecule has 0 amide bonds. The first-order valence-corrected chi connectivity index (χ1v) is 7.60. The average molecular weight is 293 g/mol. The van der Waals surface area contributed by atoms with Crippen molar-refractivity contribution < 1.29 is 9.21 Å². The predicted octanol–water partition coefficient (Wildman–Crippen LogP) is 4.87. The number of benzene rings is 1. The van der Waals surface area contributed by atoms with Crippen LogP contribution in [0.2, 0.25) is 0 Å². The van der Waals surface area contributed by atoms with Crippen molar-refractivity contribution in [2.45, 2.75) is 27.2 Å². The topological polar surface area (TPSA) is 43.1 Å². The van der Waals surface area contributed by atoms with Gasteiger partial charge in [-0.1, -0.05) is 44.2 Å². The van der Waals surface area contributed by atoms with E-state index in [1.807, 2.05) is 26.0 Å². The van der Waals surface area contributed by atoms with Gasteiger partial charge in [0.1, 0.15) is 5.52 Å². The Morgan fingerprint density at radius 1 is 1.32 bits per heavy atom. The Balaban J connectivity index is 2.11. The molecule has 112 valence electrons. The zero-order valence-electron chi connectivity index (χ0n) is 13.1. The van der Waals surface area contributed by atoms with Gasteiger partial charge in [-0.25, -0.2) is 4.98 Å². The molecule has 0 spiro atoms. The van der Waals surface area contributed by atoms with Crippen LogP contribution in [-0.2, 0) is 0 Å². The van der Waals surface area contributed by atoms with E-state index in [-0.39, 0.29) is 11.7 Å². The van der Waals surface area contributed by atoms with Crippen LogP contribution < -0.4 is 0 Å². The highest BCUT2D eigenvalue weighted by Gasteiger charge is 2.15. The molecule has 22 heavy (non-hydrogen) atoms. The molecular formula is C19H19NO2. The lowest BCUT2D eigenvalue weighted by molar-refractivity contribution is 0.0957. The molecule has 0 saturated carbocycles. The fourth-order valence-electron chi connectivity index (χ4n) is 2.62. The van der Waals surface area contributed by atoms with Crippen molar-refractivity contribution in [2.75, 3.05) is 0 Å². The lowest BCUT2D eigenvalue weighted by Gasteiger charge is -2.06. The van der Waals surface area contributed by atoms with Crippen LogP contribution in [0.3, 0.4) is 0 Å². The van der Waals surface area contributed by atoms with Crippen LogP contribution in [0.15, 0.2) is 46.9 Å². The monoisotopic (exact) mass is 293 g/mol. The molecule has 1 aromatic carbocycles. The number of aromatic nitrogens is 1. The van der Waals surface area contributed by atoms with Gasteiger partial charge in [-0.3, -0.25) is 4.79 Å². The van der Waals surface area contributed by atoms with Gasteiger partial charge >= 0.3 is 0 Å². The number of oxazole rings is 1. The van der Waals surface area contributed by atoms with Gasteiger partial charge in [0.2, 0.25) is 5.78 Å². The van der Waals surface area contributed by atoms with Gasteiger partial charge in [0.25, 0.3) is 5.89 Å². The van der Waals surface area contributed by atoms with Crippen LogP contribution in [0.1, 0.15) is 42.1 Å². The van der Waals surface area contributed by atoms with Crippen LogP contribution in [0.25, 0.3) is 16.7 Å². The molecule has 2 aromatic rings. The summed E-state index contributed by atoms with van der Waals surface area (Å²) < 4.78 is 5.66. The second-order valence-electron chi connectivity index (χ2n) is 5.66. The summed E-state index contributed by atoms with van der Waals surface area (Å²) in [5.41, 5.74) is 4.70. The number of ketones is 1. The Morgan fingerprint density at radius 3 is 2.91 bits per heavy atom. The zero-order valence-corrected chi connectivity index (χ0v) is 13.1. The molecule has 1 aromatic heterocycles. The first-order valence-electron chi connectivity index (χ1n) is 7.60. The van der Waals surface area contributed by atoms with E-state index in [2.05, 4.69) is 42.3 Å². The molecule has 1 atom stereocenters. The minimum atomic E-state index is -0.0662. The van der Waals surface area contributed by atoms with E-state index in [0.717, 1.165) is 22.2 Å². The van der Waals surface area contributed by atoms with Crippen LogP contribution in [0.5, 0.6) is 0 Å². The lowest BCUT2D eigenvalue weighted by Crippen LogP contribution is -1.95. The van der Waals surface area contributed by atoms with Crippen molar-refractivity contribution in [1.29, 1.82) is 0 Å². The van der Waals surface area contributed by atoms with E-state index in [4.69, 9.17) is 4.42 Å². The number of allylic oxidation sites excluding steroid dienone is 6. The third-order valence-corrected chi connectivity index (χ3v) is 3.82. The highest BCUT2D eigenvalue weighted by Crippen LogP contribution is 2.28. The van der Waals surface area contributed by atoms with E-state index in [1.54, 1.807) is 0 Å². The number of fused-ring (bicyclic) bond motifs is 1. The number of aryl methyl sites for hydroxylation is 1. The van der Waals surface area contributed by atoms with Crippen LogP contribution in [0.4, 0.5) is 0 Å². The van der Waals surface area contributed by atoms with Gasteiger partial charge in [0, 0.05) is 6.42 Å². The minimum absolute atomic E-state index is 0.0662. The number of hydrogen-bond acceptors (Lipinski definition) is 3. The lowest BCUT2D eigenvalue weighted by atomic mass is 9.99. The maximum Gasteiger partial charge on any atom is 0.264 e. The third-order valence-electron chi connectivity index (χ3n) is 3.82. The normalized spacial score (nSPS) is 17.6. The quantitative estimate of drug-likeness (QED) is 0.758. The first kappa shape index (κ1) is 14.5. The van der Waals surface area contributed by atoms with Crippen molar-refractivity contribution in [3.63, 3.8) is 0 Å². The molecule has 0 radical (unpaired) electrons. The summed E-state index contributed by atoms with van der Waals surface area (Å²) >= 11 is 0. The number of rotatable bonds is 3. The maximum atomic E-state index is 11.8. The van der Waals surface area contributed by atoms with Gasteiger partial charge in [0.05, 0.1) is 0 Å². The molecule has 1 heterocycles. The summed E-state index contributed by atoms with van der Waals surface area (Å²) in [6.07, 6.45) is 11.0. The fourth-order valence-corrected chi connectivity index (χ4v) is 2.62. The average Bonchev–Trinajstić information content (AvgIpc) is 2.82. The van der Waals surface area contributed by atoms with Gasteiger partial charge in [-0.05, 0) is 41.7 Å². The first-order chi connectivity index (χ1) is 10.6. The molecule has 0 aliphatic heterocycles. The van der Waals surface area contributed by atoms with Crippen molar-refractivity contribution >= 4 is 22.5 Å². The second-order valence-corrected chi connectivity index (χ2v) is 5.66. The largest absolute Gasteiger partial charge is 0.434 e. The van der Waals surface area contributed by atoms with Crippen molar-refractivity contribution in [3.8, 4) is 0 Å². The number of carbonyl (C=O) groups is 1. The van der Waals surface area contributed by atoms with Crippen molar-refractivity contribution in [1.82, 2.24) is 4.98 Å². The molecule has 0 N–H and O–H groups in total. The smallest absolute Gasteiger partial charge is 0.264 e. The Morgan fingerprint density at radius 2 is 2.14 bits per heavy atom. The molecule has 3 nitrogen and oxygen atoms in total. The summed E-state index contributed by atoms with van der Waals surface area (Å²) in [5.74, 6) is 0.523. The molecule has 1 aliphatic rings. The Labute approximate surface area is 130 Å². The number of carbonyl (C=O) groups excluding carboxylic acids is 1. The SMILES string of the molecule is CCC(=O)c1nc2c(C)cc(C3=CC(C)C=CC=C3)cc2o1. The molecule has 0 saturated heterocycles. The Kier molecular flexibility index (Phi) is 3.80. The highest BCUT2D eigenvalue weighted by atomic mass is 16.4. The number of Topliss-reactive ketones (excluding diaryl/α,β-unsaturated/α-hetero) is 1. The van der Waals surface area contributed by atoms with E-state index in [0.29, 0.717) is 17.9 Å². The predicted molar refractivity (Wildman–Crippen MR) is 88.8 cm³/mol.